The molecule has 0 aromatic heterocycles. The fraction of sp³-hybridized carbons (Fsp3) is 0.174. The van der Waals surface area contributed by atoms with Gasteiger partial charge in [-0.1, -0.05) is 24.3 Å². The predicted molar refractivity (Wildman–Crippen MR) is 112 cm³/mol. The van der Waals surface area contributed by atoms with Crippen molar-refractivity contribution in [3.05, 3.63) is 78.4 Å². The molecule has 0 saturated carbocycles. The summed E-state index contributed by atoms with van der Waals surface area (Å²) in [4.78, 5) is 12.6. The molecule has 1 amide bonds. The molecular formula is C23H24N2O3. The standard InChI is InChI=1S/C23H24N2O3/c1-16-9-14-22(27-3)21(15-16)25-23(26)17(2)24-18-10-12-20(13-11-18)28-19-7-5-4-6-8-19/h4-15,17,24H,1-3H3,(H,25,26)/t17-/m1/s1. The van der Waals surface area contributed by atoms with E-state index < -0.39 is 6.04 Å². The van der Waals surface area contributed by atoms with Gasteiger partial charge >= 0.3 is 0 Å². The van der Waals surface area contributed by atoms with Gasteiger partial charge in [0.2, 0.25) is 5.91 Å². The SMILES string of the molecule is COc1ccc(C)cc1NC(=O)[C@@H](C)Nc1ccc(Oc2ccccc2)cc1. The lowest BCUT2D eigenvalue weighted by molar-refractivity contribution is -0.116. The molecule has 0 aliphatic heterocycles. The average Bonchev–Trinajstić information content (AvgIpc) is 2.70. The maximum Gasteiger partial charge on any atom is 0.246 e. The van der Waals surface area contributed by atoms with Crippen LogP contribution in [0.4, 0.5) is 11.4 Å². The number of para-hydroxylation sites is 1. The van der Waals surface area contributed by atoms with Gasteiger partial charge in [0.1, 0.15) is 23.3 Å². The third-order valence-corrected chi connectivity index (χ3v) is 4.22. The van der Waals surface area contributed by atoms with Crippen LogP contribution in [0.25, 0.3) is 0 Å². The maximum atomic E-state index is 12.6. The van der Waals surface area contributed by atoms with Crippen LogP contribution < -0.4 is 20.1 Å². The molecule has 3 rings (SSSR count). The van der Waals surface area contributed by atoms with E-state index in [2.05, 4.69) is 10.6 Å². The molecule has 28 heavy (non-hydrogen) atoms. The van der Waals surface area contributed by atoms with Crippen molar-refractivity contribution < 1.29 is 14.3 Å². The lowest BCUT2D eigenvalue weighted by atomic mass is 10.2. The number of nitrogens with one attached hydrogen (secondary N) is 2. The smallest absolute Gasteiger partial charge is 0.246 e. The molecule has 0 saturated heterocycles. The van der Waals surface area contributed by atoms with Crippen LogP contribution in [0.15, 0.2) is 72.8 Å². The number of carbonyl (C=O) groups is 1. The van der Waals surface area contributed by atoms with E-state index in [4.69, 9.17) is 9.47 Å². The molecule has 144 valence electrons. The predicted octanol–water partition coefficient (Wildman–Crippen LogP) is 5.24. The molecule has 0 radical (unpaired) electrons. The fourth-order valence-corrected chi connectivity index (χ4v) is 2.72. The van der Waals surface area contributed by atoms with E-state index in [0.717, 1.165) is 22.7 Å². The molecule has 0 fully saturated rings. The number of ether oxygens (including phenoxy) is 2. The van der Waals surface area contributed by atoms with E-state index in [9.17, 15) is 4.79 Å². The van der Waals surface area contributed by atoms with Crippen LogP contribution in [0.5, 0.6) is 17.2 Å². The van der Waals surface area contributed by atoms with E-state index >= 15 is 0 Å². The molecule has 1 atom stereocenters. The van der Waals surface area contributed by atoms with Gasteiger partial charge in [-0.05, 0) is 67.9 Å². The minimum Gasteiger partial charge on any atom is -0.495 e. The van der Waals surface area contributed by atoms with Crippen LogP contribution in [-0.2, 0) is 4.79 Å². The maximum absolute atomic E-state index is 12.6. The van der Waals surface area contributed by atoms with Crippen molar-refractivity contribution >= 4 is 17.3 Å². The third-order valence-electron chi connectivity index (χ3n) is 4.22. The van der Waals surface area contributed by atoms with Gasteiger partial charge in [-0.15, -0.1) is 0 Å². The number of rotatable bonds is 7. The zero-order valence-electron chi connectivity index (χ0n) is 16.2. The van der Waals surface area contributed by atoms with Gasteiger partial charge in [0.25, 0.3) is 0 Å². The quantitative estimate of drug-likeness (QED) is 0.592. The number of hydrogen-bond donors (Lipinski definition) is 2. The Labute approximate surface area is 165 Å². The van der Waals surface area contributed by atoms with Crippen molar-refractivity contribution in [3.8, 4) is 17.2 Å². The second kappa shape index (κ2) is 8.95. The van der Waals surface area contributed by atoms with E-state index in [-0.39, 0.29) is 5.91 Å². The summed E-state index contributed by atoms with van der Waals surface area (Å²) >= 11 is 0. The number of carbonyl (C=O) groups excluding carboxylic acids is 1. The number of amides is 1. The van der Waals surface area contributed by atoms with Crippen LogP contribution >= 0.6 is 0 Å². The normalized spacial score (nSPS) is 11.4. The minimum absolute atomic E-state index is 0.145. The summed E-state index contributed by atoms with van der Waals surface area (Å²) in [5.41, 5.74) is 2.54. The average molecular weight is 376 g/mol. The van der Waals surface area contributed by atoms with Gasteiger partial charge in [0.15, 0.2) is 0 Å². The van der Waals surface area contributed by atoms with Crippen LogP contribution in [0.2, 0.25) is 0 Å². The van der Waals surface area contributed by atoms with Crippen molar-refractivity contribution in [3.63, 3.8) is 0 Å². The summed E-state index contributed by atoms with van der Waals surface area (Å²) < 4.78 is 11.1. The highest BCUT2D eigenvalue weighted by atomic mass is 16.5. The number of hydrogen-bond acceptors (Lipinski definition) is 4. The van der Waals surface area contributed by atoms with Crippen LogP contribution in [-0.4, -0.2) is 19.1 Å². The molecule has 5 nitrogen and oxygen atoms in total. The summed E-state index contributed by atoms with van der Waals surface area (Å²) in [6, 6.07) is 22.3. The van der Waals surface area contributed by atoms with Crippen LogP contribution in [0, 0.1) is 6.92 Å². The summed E-state index contributed by atoms with van der Waals surface area (Å²) in [5, 5.41) is 6.11. The Hall–Kier alpha value is -3.47. The summed E-state index contributed by atoms with van der Waals surface area (Å²) in [5.74, 6) is 2.00. The van der Waals surface area contributed by atoms with Crippen molar-refractivity contribution in [2.45, 2.75) is 19.9 Å². The molecule has 0 unspecified atom stereocenters. The molecule has 0 bridgehead atoms. The van der Waals surface area contributed by atoms with Gasteiger partial charge in [-0.3, -0.25) is 4.79 Å². The van der Waals surface area contributed by atoms with Gasteiger partial charge in [0, 0.05) is 5.69 Å². The minimum atomic E-state index is -0.425. The van der Waals surface area contributed by atoms with Gasteiger partial charge in [0.05, 0.1) is 12.8 Å². The van der Waals surface area contributed by atoms with E-state index in [0.29, 0.717) is 11.4 Å². The Morgan fingerprint density at radius 3 is 2.29 bits per heavy atom. The molecular weight excluding hydrogens is 352 g/mol. The van der Waals surface area contributed by atoms with Gasteiger partial charge < -0.3 is 20.1 Å². The van der Waals surface area contributed by atoms with Crippen molar-refractivity contribution in [2.24, 2.45) is 0 Å². The van der Waals surface area contributed by atoms with Gasteiger partial charge in [-0.2, -0.15) is 0 Å². The first kappa shape index (κ1) is 19.3. The molecule has 3 aromatic carbocycles. The lowest BCUT2D eigenvalue weighted by Gasteiger charge is -2.17. The van der Waals surface area contributed by atoms with Crippen LogP contribution in [0.3, 0.4) is 0 Å². The highest BCUT2D eigenvalue weighted by Crippen LogP contribution is 2.26. The number of anilines is 2. The van der Waals surface area contributed by atoms with Crippen molar-refractivity contribution in [1.82, 2.24) is 0 Å². The number of aryl methyl sites for hydroxylation is 1. The first-order chi connectivity index (χ1) is 13.5. The fourth-order valence-electron chi connectivity index (χ4n) is 2.72. The molecule has 0 aliphatic rings. The summed E-state index contributed by atoms with van der Waals surface area (Å²) in [7, 11) is 1.58. The molecule has 0 aliphatic carbocycles. The zero-order valence-corrected chi connectivity index (χ0v) is 16.2. The number of benzene rings is 3. The monoisotopic (exact) mass is 376 g/mol. The largest absolute Gasteiger partial charge is 0.495 e. The first-order valence-corrected chi connectivity index (χ1v) is 9.10. The van der Waals surface area contributed by atoms with Crippen molar-refractivity contribution in [2.75, 3.05) is 17.7 Å². The molecule has 0 spiro atoms. The summed E-state index contributed by atoms with van der Waals surface area (Å²) in [6.07, 6.45) is 0. The first-order valence-electron chi connectivity index (χ1n) is 9.10. The van der Waals surface area contributed by atoms with Crippen molar-refractivity contribution in [1.29, 1.82) is 0 Å². The van der Waals surface area contributed by atoms with E-state index in [1.807, 2.05) is 86.6 Å². The third kappa shape index (κ3) is 5.04. The van der Waals surface area contributed by atoms with Gasteiger partial charge in [-0.25, -0.2) is 0 Å². The second-order valence-electron chi connectivity index (χ2n) is 6.50. The Morgan fingerprint density at radius 2 is 1.61 bits per heavy atom. The number of methoxy groups -OCH3 is 1. The molecule has 2 N–H and O–H groups in total. The topological polar surface area (TPSA) is 59.6 Å². The Morgan fingerprint density at radius 1 is 0.929 bits per heavy atom. The second-order valence-corrected chi connectivity index (χ2v) is 6.50. The summed E-state index contributed by atoms with van der Waals surface area (Å²) in [6.45, 7) is 3.78. The Kier molecular flexibility index (Phi) is 6.17. The van der Waals surface area contributed by atoms with E-state index in [1.54, 1.807) is 7.11 Å². The molecule has 0 heterocycles. The molecule has 3 aromatic rings. The highest BCUT2D eigenvalue weighted by molar-refractivity contribution is 5.97. The van der Waals surface area contributed by atoms with Crippen LogP contribution in [0.1, 0.15) is 12.5 Å². The Bertz CT molecular complexity index is 924. The molecule has 5 heteroatoms. The lowest BCUT2D eigenvalue weighted by Crippen LogP contribution is -2.32. The Balaban J connectivity index is 1.60. The van der Waals surface area contributed by atoms with E-state index in [1.165, 1.54) is 0 Å². The highest BCUT2D eigenvalue weighted by Gasteiger charge is 2.15. The zero-order chi connectivity index (χ0) is 19.9.